The van der Waals surface area contributed by atoms with Gasteiger partial charge in [0, 0.05) is 39.3 Å². The van der Waals surface area contributed by atoms with Crippen LogP contribution in [0.3, 0.4) is 0 Å². The third kappa shape index (κ3) is 5.53. The first-order chi connectivity index (χ1) is 13.9. The maximum absolute atomic E-state index is 13.2. The van der Waals surface area contributed by atoms with E-state index in [4.69, 9.17) is 0 Å². The molecule has 1 aliphatic rings. The van der Waals surface area contributed by atoms with Crippen molar-refractivity contribution in [2.75, 3.05) is 19.6 Å². The lowest BCUT2D eigenvalue weighted by Gasteiger charge is -2.32. The van der Waals surface area contributed by atoms with Crippen LogP contribution in [0.5, 0.6) is 0 Å². The number of carbonyl (C=O) groups excluding carboxylic acids is 2. The lowest BCUT2D eigenvalue weighted by atomic mass is 9.96. The molecule has 7 heteroatoms. The maximum atomic E-state index is 13.2. The minimum Gasteiger partial charge on any atom is -0.356 e. The van der Waals surface area contributed by atoms with Gasteiger partial charge in [0.25, 0.3) is 11.5 Å². The molecular weight excluding hydrogens is 373 g/mol. The summed E-state index contributed by atoms with van der Waals surface area (Å²) in [5.41, 5.74) is 0.711. The number of amides is 2. The summed E-state index contributed by atoms with van der Waals surface area (Å²) in [6.07, 6.45) is 4.01. The molecule has 1 N–H and O–H groups in total. The van der Waals surface area contributed by atoms with Gasteiger partial charge in [0.2, 0.25) is 5.91 Å². The highest BCUT2D eigenvalue weighted by Gasteiger charge is 2.25. The zero-order valence-electron chi connectivity index (χ0n) is 16.6. The fraction of sp³-hybridized carbons (Fsp3) is 0.409. The number of hydrogen-bond donors (Lipinski definition) is 1. The molecule has 0 atom stereocenters. The van der Waals surface area contributed by atoms with Crippen LogP contribution in [0.4, 0.5) is 4.39 Å². The molecule has 2 heterocycles. The van der Waals surface area contributed by atoms with Crippen molar-refractivity contribution in [2.24, 2.45) is 13.0 Å². The standard InChI is InChI=1S/C22H26FN3O3/c1-25-11-3-6-19(21(25)28)22(29)26-12-9-17(10-13-26)15-24-20(27)8-7-16-4-2-5-18(23)14-16/h2-6,11,14,17H,7-10,12-13,15H2,1H3,(H,24,27). The molecule has 0 unspecified atom stereocenters. The molecule has 2 amide bonds. The highest BCUT2D eigenvalue weighted by molar-refractivity contribution is 5.93. The predicted molar refractivity (Wildman–Crippen MR) is 108 cm³/mol. The summed E-state index contributed by atoms with van der Waals surface area (Å²) < 4.78 is 14.6. The Labute approximate surface area is 169 Å². The predicted octanol–water partition coefficient (Wildman–Crippen LogP) is 2.13. The van der Waals surface area contributed by atoms with Crippen LogP contribution in [0.2, 0.25) is 0 Å². The maximum Gasteiger partial charge on any atom is 0.263 e. The van der Waals surface area contributed by atoms with Crippen LogP contribution in [0.15, 0.2) is 47.4 Å². The van der Waals surface area contributed by atoms with E-state index in [2.05, 4.69) is 5.32 Å². The molecule has 1 saturated heterocycles. The first kappa shape index (κ1) is 20.8. The van der Waals surface area contributed by atoms with Crippen LogP contribution in [0.25, 0.3) is 0 Å². The number of hydrogen-bond acceptors (Lipinski definition) is 3. The molecule has 0 aliphatic carbocycles. The number of carbonyl (C=O) groups is 2. The van der Waals surface area contributed by atoms with Gasteiger partial charge in [-0.2, -0.15) is 0 Å². The van der Waals surface area contributed by atoms with Crippen LogP contribution in [0.1, 0.15) is 35.2 Å². The van der Waals surface area contributed by atoms with E-state index in [0.717, 1.165) is 18.4 Å². The van der Waals surface area contributed by atoms with Crippen molar-refractivity contribution < 1.29 is 14.0 Å². The first-order valence-electron chi connectivity index (χ1n) is 9.90. The number of aromatic nitrogens is 1. The summed E-state index contributed by atoms with van der Waals surface area (Å²) in [7, 11) is 1.63. The van der Waals surface area contributed by atoms with Gasteiger partial charge >= 0.3 is 0 Å². The van der Waals surface area contributed by atoms with Crippen molar-refractivity contribution in [3.8, 4) is 0 Å². The van der Waals surface area contributed by atoms with E-state index in [1.165, 1.54) is 16.7 Å². The molecule has 0 spiro atoms. The fourth-order valence-corrected chi connectivity index (χ4v) is 3.57. The number of nitrogens with zero attached hydrogens (tertiary/aromatic N) is 2. The van der Waals surface area contributed by atoms with Crippen molar-refractivity contribution >= 4 is 11.8 Å². The molecule has 1 aromatic heterocycles. The normalized spacial score (nSPS) is 14.6. The largest absolute Gasteiger partial charge is 0.356 e. The van der Waals surface area contributed by atoms with Gasteiger partial charge in [-0.05, 0) is 55.0 Å². The molecule has 1 aliphatic heterocycles. The topological polar surface area (TPSA) is 71.4 Å². The Kier molecular flexibility index (Phi) is 6.80. The van der Waals surface area contributed by atoms with Gasteiger partial charge in [-0.15, -0.1) is 0 Å². The summed E-state index contributed by atoms with van der Waals surface area (Å²) in [6, 6.07) is 9.54. The molecule has 0 radical (unpaired) electrons. The van der Waals surface area contributed by atoms with Crippen molar-refractivity contribution in [3.05, 3.63) is 69.9 Å². The van der Waals surface area contributed by atoms with Gasteiger partial charge in [-0.3, -0.25) is 14.4 Å². The smallest absolute Gasteiger partial charge is 0.263 e. The number of piperidine rings is 1. The Morgan fingerprint density at radius 2 is 1.93 bits per heavy atom. The van der Waals surface area contributed by atoms with Gasteiger partial charge in [0.15, 0.2) is 0 Å². The van der Waals surface area contributed by atoms with Crippen LogP contribution in [0, 0.1) is 11.7 Å². The van der Waals surface area contributed by atoms with Crippen molar-refractivity contribution in [2.45, 2.75) is 25.7 Å². The molecular formula is C22H26FN3O3. The van der Waals surface area contributed by atoms with Gasteiger partial charge in [0.1, 0.15) is 11.4 Å². The van der Waals surface area contributed by atoms with E-state index in [0.29, 0.717) is 38.4 Å². The average Bonchev–Trinajstić information content (AvgIpc) is 2.73. The van der Waals surface area contributed by atoms with Gasteiger partial charge < -0.3 is 14.8 Å². The SMILES string of the molecule is Cn1cccc(C(=O)N2CCC(CNC(=O)CCc3cccc(F)c3)CC2)c1=O. The highest BCUT2D eigenvalue weighted by Crippen LogP contribution is 2.18. The van der Waals surface area contributed by atoms with E-state index >= 15 is 0 Å². The Morgan fingerprint density at radius 3 is 2.66 bits per heavy atom. The molecule has 29 heavy (non-hydrogen) atoms. The van der Waals surface area contributed by atoms with E-state index in [1.54, 1.807) is 36.3 Å². The van der Waals surface area contributed by atoms with Crippen LogP contribution < -0.4 is 10.9 Å². The highest BCUT2D eigenvalue weighted by atomic mass is 19.1. The van der Waals surface area contributed by atoms with E-state index in [1.807, 2.05) is 6.07 Å². The number of likely N-dealkylation sites (tertiary alicyclic amines) is 1. The minimum atomic E-state index is -0.294. The zero-order valence-corrected chi connectivity index (χ0v) is 16.6. The van der Waals surface area contributed by atoms with Crippen LogP contribution in [-0.4, -0.2) is 40.9 Å². The van der Waals surface area contributed by atoms with Gasteiger partial charge in [0.05, 0.1) is 0 Å². The molecule has 154 valence electrons. The van der Waals surface area contributed by atoms with Crippen LogP contribution >= 0.6 is 0 Å². The van der Waals surface area contributed by atoms with Crippen molar-refractivity contribution in [1.29, 1.82) is 0 Å². The Bertz CT molecular complexity index is 933. The molecule has 1 fully saturated rings. The number of benzene rings is 1. The quantitative estimate of drug-likeness (QED) is 0.809. The lowest BCUT2D eigenvalue weighted by Crippen LogP contribution is -2.43. The third-order valence-electron chi connectivity index (χ3n) is 5.37. The molecule has 6 nitrogen and oxygen atoms in total. The second-order valence-corrected chi connectivity index (χ2v) is 7.51. The van der Waals surface area contributed by atoms with Crippen molar-refractivity contribution in [1.82, 2.24) is 14.8 Å². The number of rotatable bonds is 6. The summed E-state index contributed by atoms with van der Waals surface area (Å²) in [5.74, 6) is -0.280. The number of aryl methyl sites for hydroxylation is 2. The summed E-state index contributed by atoms with van der Waals surface area (Å²) in [6.45, 7) is 1.71. The second-order valence-electron chi connectivity index (χ2n) is 7.51. The monoisotopic (exact) mass is 399 g/mol. The molecule has 0 bridgehead atoms. The Morgan fingerprint density at radius 1 is 1.17 bits per heavy atom. The Balaban J connectivity index is 1.41. The molecule has 0 saturated carbocycles. The number of nitrogens with one attached hydrogen (secondary N) is 1. The first-order valence-corrected chi connectivity index (χ1v) is 9.90. The lowest BCUT2D eigenvalue weighted by molar-refractivity contribution is -0.121. The van der Waals surface area contributed by atoms with Crippen molar-refractivity contribution in [3.63, 3.8) is 0 Å². The fourth-order valence-electron chi connectivity index (χ4n) is 3.57. The van der Waals surface area contributed by atoms with E-state index in [9.17, 15) is 18.8 Å². The summed E-state index contributed by atoms with van der Waals surface area (Å²) >= 11 is 0. The molecule has 3 rings (SSSR count). The minimum absolute atomic E-state index is 0.0550. The van der Waals surface area contributed by atoms with Gasteiger partial charge in [-0.1, -0.05) is 12.1 Å². The second kappa shape index (κ2) is 9.49. The zero-order chi connectivity index (χ0) is 20.8. The molecule has 1 aromatic carbocycles. The van der Waals surface area contributed by atoms with E-state index < -0.39 is 0 Å². The van der Waals surface area contributed by atoms with Gasteiger partial charge in [-0.25, -0.2) is 4.39 Å². The molecule has 2 aromatic rings. The number of pyridine rings is 1. The number of halogens is 1. The summed E-state index contributed by atoms with van der Waals surface area (Å²) in [4.78, 5) is 38.5. The van der Waals surface area contributed by atoms with E-state index in [-0.39, 0.29) is 28.8 Å². The third-order valence-corrected chi connectivity index (χ3v) is 5.37. The average molecular weight is 399 g/mol. The Hall–Kier alpha value is -2.96. The summed E-state index contributed by atoms with van der Waals surface area (Å²) in [5, 5.41) is 2.94. The van der Waals surface area contributed by atoms with Crippen LogP contribution in [-0.2, 0) is 18.3 Å².